The summed E-state index contributed by atoms with van der Waals surface area (Å²) in [5.74, 6) is -1.59. The number of halogens is 4. The molecule has 1 amide bonds. The maximum atomic E-state index is 13.6. The smallest absolute Gasteiger partial charge is 0.341 e. The molecule has 0 saturated carbocycles. The summed E-state index contributed by atoms with van der Waals surface area (Å²) in [5, 5.41) is 1.63. The van der Waals surface area contributed by atoms with E-state index in [1.165, 1.54) is 17.8 Å². The molecule has 10 heteroatoms. The summed E-state index contributed by atoms with van der Waals surface area (Å²) in [6.07, 6.45) is -1.76. The van der Waals surface area contributed by atoms with E-state index in [9.17, 15) is 27.2 Å². The van der Waals surface area contributed by atoms with Gasteiger partial charge in [0.2, 0.25) is 5.91 Å². The van der Waals surface area contributed by atoms with E-state index in [1.807, 2.05) is 0 Å². The van der Waals surface area contributed by atoms with E-state index >= 15 is 0 Å². The van der Waals surface area contributed by atoms with Gasteiger partial charge in [-0.15, -0.1) is 11.3 Å². The van der Waals surface area contributed by atoms with Crippen LogP contribution >= 0.6 is 11.3 Å². The molecule has 0 radical (unpaired) electrons. The standard InChI is InChI=1S/C19H15F4N3O2S/c20-14-4-3-11(7-13(14)19(21,22)23)12-9-29-17-16(12)18(28)26(10-24-17)8-15(27)25-5-1-2-6-25/h3-4,7,9-10H,1-2,5-6,8H2. The Labute approximate surface area is 166 Å². The number of likely N-dealkylation sites (tertiary alicyclic amines) is 1. The first-order valence-electron chi connectivity index (χ1n) is 8.87. The van der Waals surface area contributed by atoms with Crippen molar-refractivity contribution in [2.75, 3.05) is 13.1 Å². The van der Waals surface area contributed by atoms with Crippen molar-refractivity contribution in [2.24, 2.45) is 0 Å². The van der Waals surface area contributed by atoms with Crippen LogP contribution in [0.25, 0.3) is 21.3 Å². The Hall–Kier alpha value is -2.75. The number of benzene rings is 1. The average Bonchev–Trinajstić information content (AvgIpc) is 3.33. The fourth-order valence-corrected chi connectivity index (χ4v) is 4.32. The molecular formula is C19H15F4N3O2S. The molecule has 2 aromatic heterocycles. The van der Waals surface area contributed by atoms with Crippen LogP contribution in [0.1, 0.15) is 18.4 Å². The van der Waals surface area contributed by atoms with Gasteiger partial charge < -0.3 is 4.90 Å². The van der Waals surface area contributed by atoms with Crippen molar-refractivity contribution in [3.8, 4) is 11.1 Å². The van der Waals surface area contributed by atoms with E-state index in [-0.39, 0.29) is 29.0 Å². The molecule has 0 aliphatic carbocycles. The minimum Gasteiger partial charge on any atom is -0.341 e. The molecule has 0 N–H and O–H groups in total. The normalized spacial score (nSPS) is 14.7. The number of carbonyl (C=O) groups excluding carboxylic acids is 1. The third kappa shape index (κ3) is 3.64. The van der Waals surface area contributed by atoms with E-state index in [2.05, 4.69) is 4.98 Å². The molecular weight excluding hydrogens is 410 g/mol. The predicted octanol–water partition coefficient (Wildman–Crippen LogP) is 3.91. The minimum atomic E-state index is -4.85. The summed E-state index contributed by atoms with van der Waals surface area (Å²) in [6, 6.07) is 2.61. The number of thiophene rings is 1. The quantitative estimate of drug-likeness (QED) is 0.598. The Balaban J connectivity index is 1.77. The first kappa shape index (κ1) is 19.6. The zero-order valence-corrected chi connectivity index (χ0v) is 15.8. The van der Waals surface area contributed by atoms with Gasteiger partial charge in [0, 0.05) is 24.0 Å². The Morgan fingerprint density at radius 3 is 2.62 bits per heavy atom. The molecule has 0 spiro atoms. The number of alkyl halides is 3. The van der Waals surface area contributed by atoms with Crippen molar-refractivity contribution in [1.82, 2.24) is 14.5 Å². The number of aromatic nitrogens is 2. The van der Waals surface area contributed by atoms with Gasteiger partial charge in [-0.05, 0) is 30.5 Å². The molecule has 3 aromatic rings. The molecule has 1 aliphatic heterocycles. The van der Waals surface area contributed by atoms with Gasteiger partial charge in [0.05, 0.1) is 17.3 Å². The number of carbonyl (C=O) groups is 1. The molecule has 5 nitrogen and oxygen atoms in total. The average molecular weight is 425 g/mol. The molecule has 0 unspecified atom stereocenters. The van der Waals surface area contributed by atoms with Gasteiger partial charge >= 0.3 is 6.18 Å². The van der Waals surface area contributed by atoms with Crippen LogP contribution in [0.3, 0.4) is 0 Å². The summed E-state index contributed by atoms with van der Waals surface area (Å²) in [6.45, 7) is 1.10. The van der Waals surface area contributed by atoms with Gasteiger partial charge in [0.25, 0.3) is 5.56 Å². The van der Waals surface area contributed by atoms with Crippen molar-refractivity contribution in [2.45, 2.75) is 25.6 Å². The number of nitrogens with zero attached hydrogens (tertiary/aromatic N) is 3. The molecule has 3 heterocycles. The van der Waals surface area contributed by atoms with Crippen LogP contribution in [-0.2, 0) is 17.5 Å². The molecule has 0 atom stereocenters. The highest BCUT2D eigenvalue weighted by molar-refractivity contribution is 7.17. The van der Waals surface area contributed by atoms with Gasteiger partial charge in [0.15, 0.2) is 0 Å². The van der Waals surface area contributed by atoms with Crippen molar-refractivity contribution in [3.05, 3.63) is 51.6 Å². The summed E-state index contributed by atoms with van der Waals surface area (Å²) in [4.78, 5) is 31.5. The predicted molar refractivity (Wildman–Crippen MR) is 100 cm³/mol. The van der Waals surface area contributed by atoms with Crippen molar-refractivity contribution >= 4 is 27.5 Å². The highest BCUT2D eigenvalue weighted by Gasteiger charge is 2.34. The molecule has 1 saturated heterocycles. The number of amides is 1. The lowest BCUT2D eigenvalue weighted by molar-refractivity contribution is -0.140. The summed E-state index contributed by atoms with van der Waals surface area (Å²) in [7, 11) is 0. The largest absolute Gasteiger partial charge is 0.419 e. The van der Waals surface area contributed by atoms with Gasteiger partial charge in [-0.25, -0.2) is 9.37 Å². The van der Waals surface area contributed by atoms with E-state index in [1.54, 1.807) is 4.90 Å². The van der Waals surface area contributed by atoms with Gasteiger partial charge in [-0.2, -0.15) is 13.2 Å². The summed E-state index contributed by atoms with van der Waals surface area (Å²) in [5.41, 5.74) is -1.62. The van der Waals surface area contributed by atoms with Gasteiger partial charge in [-0.3, -0.25) is 14.2 Å². The third-order valence-corrected chi connectivity index (χ3v) is 5.79. The highest BCUT2D eigenvalue weighted by Crippen LogP contribution is 2.36. The number of hydrogen-bond donors (Lipinski definition) is 0. The van der Waals surface area contributed by atoms with E-state index in [0.717, 1.165) is 34.8 Å². The lowest BCUT2D eigenvalue weighted by atomic mass is 10.0. The van der Waals surface area contributed by atoms with Crippen LogP contribution in [0, 0.1) is 5.82 Å². The van der Waals surface area contributed by atoms with Crippen molar-refractivity contribution < 1.29 is 22.4 Å². The first-order chi connectivity index (χ1) is 13.8. The number of hydrogen-bond acceptors (Lipinski definition) is 4. The molecule has 1 aliphatic rings. The molecule has 4 rings (SSSR count). The van der Waals surface area contributed by atoms with Gasteiger partial charge in [0.1, 0.15) is 17.2 Å². The molecule has 29 heavy (non-hydrogen) atoms. The van der Waals surface area contributed by atoms with Crippen LogP contribution in [0.5, 0.6) is 0 Å². The molecule has 1 aromatic carbocycles. The zero-order valence-electron chi connectivity index (χ0n) is 15.0. The fraction of sp³-hybridized carbons (Fsp3) is 0.316. The van der Waals surface area contributed by atoms with E-state index in [0.29, 0.717) is 24.0 Å². The Kier molecular flexibility index (Phi) is 4.89. The summed E-state index contributed by atoms with van der Waals surface area (Å²) < 4.78 is 54.0. The van der Waals surface area contributed by atoms with Crippen LogP contribution < -0.4 is 5.56 Å². The monoisotopic (exact) mass is 425 g/mol. The second-order valence-electron chi connectivity index (χ2n) is 6.79. The van der Waals surface area contributed by atoms with Crippen LogP contribution in [0.4, 0.5) is 17.6 Å². The molecule has 1 fully saturated rings. The lowest BCUT2D eigenvalue weighted by Crippen LogP contribution is -2.34. The van der Waals surface area contributed by atoms with E-state index in [4.69, 9.17) is 0 Å². The highest BCUT2D eigenvalue weighted by atomic mass is 32.1. The Morgan fingerprint density at radius 1 is 1.21 bits per heavy atom. The zero-order chi connectivity index (χ0) is 20.8. The molecule has 0 bridgehead atoms. The maximum Gasteiger partial charge on any atom is 0.419 e. The van der Waals surface area contributed by atoms with Crippen molar-refractivity contribution in [3.63, 3.8) is 0 Å². The SMILES string of the molecule is O=C(Cn1cnc2scc(-c3ccc(F)c(C(F)(F)F)c3)c2c1=O)N1CCCC1. The first-order valence-corrected chi connectivity index (χ1v) is 9.75. The lowest BCUT2D eigenvalue weighted by Gasteiger charge is -2.15. The van der Waals surface area contributed by atoms with Crippen LogP contribution in [0.2, 0.25) is 0 Å². The number of rotatable bonds is 3. The maximum absolute atomic E-state index is 13.6. The van der Waals surface area contributed by atoms with E-state index < -0.39 is 23.1 Å². The van der Waals surface area contributed by atoms with Crippen molar-refractivity contribution in [1.29, 1.82) is 0 Å². The Morgan fingerprint density at radius 2 is 1.93 bits per heavy atom. The second-order valence-corrected chi connectivity index (χ2v) is 7.65. The minimum absolute atomic E-state index is 0.0625. The molecule has 152 valence electrons. The third-order valence-electron chi connectivity index (χ3n) is 4.91. The number of fused-ring (bicyclic) bond motifs is 1. The fourth-order valence-electron chi connectivity index (χ4n) is 3.41. The van der Waals surface area contributed by atoms with Gasteiger partial charge in [-0.1, -0.05) is 6.07 Å². The Bertz CT molecular complexity index is 1150. The van der Waals surface area contributed by atoms with Crippen LogP contribution in [-0.4, -0.2) is 33.4 Å². The second kappa shape index (κ2) is 7.25. The topological polar surface area (TPSA) is 55.2 Å². The summed E-state index contributed by atoms with van der Waals surface area (Å²) >= 11 is 1.10. The van der Waals surface area contributed by atoms with Crippen LogP contribution in [0.15, 0.2) is 34.7 Å².